The fourth-order valence-corrected chi connectivity index (χ4v) is 1.72. The first-order valence-electron chi connectivity index (χ1n) is 5.79. The quantitative estimate of drug-likeness (QED) is 0.929. The Morgan fingerprint density at radius 1 is 1.26 bits per heavy atom. The van der Waals surface area contributed by atoms with Crippen LogP contribution in [0.1, 0.15) is 6.42 Å². The highest BCUT2D eigenvalue weighted by Gasteiger charge is 2.41. The zero-order valence-corrected chi connectivity index (χ0v) is 10.0. The Morgan fingerprint density at radius 3 is 2.74 bits per heavy atom. The monoisotopic (exact) mass is 270 g/mol. The summed E-state index contributed by atoms with van der Waals surface area (Å²) in [6.45, 7) is -0.0873. The Balaban J connectivity index is 2.23. The van der Waals surface area contributed by atoms with Crippen LogP contribution in [-0.2, 0) is 0 Å². The van der Waals surface area contributed by atoms with Crippen LogP contribution in [0.5, 0.6) is 5.75 Å². The molecule has 19 heavy (non-hydrogen) atoms. The third-order valence-corrected chi connectivity index (χ3v) is 2.65. The molecule has 1 aromatic carbocycles. The van der Waals surface area contributed by atoms with Crippen molar-refractivity contribution in [2.75, 3.05) is 6.54 Å². The molecule has 2 rings (SSSR count). The summed E-state index contributed by atoms with van der Waals surface area (Å²) in [6, 6.07) is 8.25. The second-order valence-electron chi connectivity index (χ2n) is 4.08. The molecule has 0 spiro atoms. The minimum atomic E-state index is -4.43. The minimum Gasteiger partial charge on any atom is -0.481 e. The molecule has 6 heteroatoms. The Morgan fingerprint density at radius 2 is 2.05 bits per heavy atom. The number of nitrogens with zero attached hydrogens (tertiary/aromatic N) is 1. The maximum Gasteiger partial charge on any atom is 0.425 e. The van der Waals surface area contributed by atoms with E-state index in [1.165, 1.54) is 12.1 Å². The summed E-state index contributed by atoms with van der Waals surface area (Å²) in [7, 11) is 0. The van der Waals surface area contributed by atoms with E-state index in [2.05, 4.69) is 4.98 Å². The summed E-state index contributed by atoms with van der Waals surface area (Å²) in [4.78, 5) is 4.07. The number of alkyl halides is 3. The molecule has 1 atom stereocenters. The summed E-state index contributed by atoms with van der Waals surface area (Å²) in [5.74, 6) is 0.141. The van der Waals surface area contributed by atoms with Crippen molar-refractivity contribution in [1.29, 1.82) is 0 Å². The number of pyridine rings is 1. The van der Waals surface area contributed by atoms with Gasteiger partial charge in [-0.05, 0) is 24.7 Å². The first-order chi connectivity index (χ1) is 9.00. The van der Waals surface area contributed by atoms with E-state index >= 15 is 0 Å². The Bertz CT molecular complexity index is 557. The molecule has 102 valence electrons. The van der Waals surface area contributed by atoms with E-state index in [0.717, 1.165) is 5.39 Å². The van der Waals surface area contributed by atoms with E-state index in [1.54, 1.807) is 18.3 Å². The normalized spacial score (nSPS) is 13.5. The number of nitrogens with two attached hydrogens (primary N) is 1. The van der Waals surface area contributed by atoms with E-state index in [0.29, 0.717) is 5.52 Å². The lowest BCUT2D eigenvalue weighted by Crippen LogP contribution is -2.36. The van der Waals surface area contributed by atoms with E-state index in [-0.39, 0.29) is 18.7 Å². The predicted octanol–water partition coefficient (Wildman–Crippen LogP) is 2.89. The maximum atomic E-state index is 12.7. The van der Waals surface area contributed by atoms with Gasteiger partial charge in [0.25, 0.3) is 0 Å². The molecule has 0 saturated heterocycles. The van der Waals surface area contributed by atoms with Gasteiger partial charge in [-0.3, -0.25) is 4.98 Å². The van der Waals surface area contributed by atoms with Gasteiger partial charge in [-0.2, -0.15) is 13.2 Å². The van der Waals surface area contributed by atoms with Gasteiger partial charge < -0.3 is 10.5 Å². The van der Waals surface area contributed by atoms with Crippen LogP contribution >= 0.6 is 0 Å². The Hall–Kier alpha value is -1.82. The van der Waals surface area contributed by atoms with Crippen molar-refractivity contribution in [1.82, 2.24) is 4.98 Å². The highest BCUT2D eigenvalue weighted by molar-refractivity contribution is 5.79. The van der Waals surface area contributed by atoms with Crippen LogP contribution in [-0.4, -0.2) is 23.8 Å². The molecule has 0 aliphatic carbocycles. The highest BCUT2D eigenvalue weighted by atomic mass is 19.4. The molecule has 0 aliphatic heterocycles. The lowest BCUT2D eigenvalue weighted by molar-refractivity contribution is -0.196. The first kappa shape index (κ1) is 13.6. The average molecular weight is 270 g/mol. The van der Waals surface area contributed by atoms with Crippen LogP contribution in [0, 0.1) is 0 Å². The molecule has 0 fully saturated rings. The predicted molar refractivity (Wildman–Crippen MR) is 65.9 cm³/mol. The summed E-state index contributed by atoms with van der Waals surface area (Å²) in [5.41, 5.74) is 5.77. The van der Waals surface area contributed by atoms with Crippen molar-refractivity contribution in [2.45, 2.75) is 18.7 Å². The topological polar surface area (TPSA) is 48.1 Å². The van der Waals surface area contributed by atoms with Crippen molar-refractivity contribution in [3.63, 3.8) is 0 Å². The molecule has 2 aromatic rings. The fraction of sp³-hybridized carbons (Fsp3) is 0.308. The van der Waals surface area contributed by atoms with Gasteiger partial charge in [-0.1, -0.05) is 6.07 Å². The number of rotatable bonds is 4. The second kappa shape index (κ2) is 5.44. The molecule has 1 heterocycles. The van der Waals surface area contributed by atoms with Crippen molar-refractivity contribution < 1.29 is 17.9 Å². The van der Waals surface area contributed by atoms with E-state index in [4.69, 9.17) is 10.5 Å². The van der Waals surface area contributed by atoms with Gasteiger partial charge in [0.2, 0.25) is 0 Å². The van der Waals surface area contributed by atoms with E-state index < -0.39 is 12.3 Å². The van der Waals surface area contributed by atoms with Gasteiger partial charge >= 0.3 is 6.18 Å². The average Bonchev–Trinajstić information content (AvgIpc) is 2.37. The maximum absolute atomic E-state index is 12.7. The summed E-state index contributed by atoms with van der Waals surface area (Å²) in [5, 5.41) is 0.845. The molecule has 2 N–H and O–H groups in total. The molecule has 0 bridgehead atoms. The zero-order chi connectivity index (χ0) is 13.9. The van der Waals surface area contributed by atoms with Crippen LogP contribution in [0.25, 0.3) is 10.9 Å². The molecule has 0 amide bonds. The molecule has 1 aromatic heterocycles. The molecule has 0 aliphatic rings. The van der Waals surface area contributed by atoms with Gasteiger partial charge in [0.05, 0.1) is 5.52 Å². The van der Waals surface area contributed by atoms with Crippen molar-refractivity contribution in [3.8, 4) is 5.75 Å². The van der Waals surface area contributed by atoms with Crippen LogP contribution < -0.4 is 10.5 Å². The standard InChI is InChI=1S/C13H13F3N2O/c14-13(15,16)12(5-6-17)19-10-4-3-9-2-1-7-18-11(9)8-10/h1-4,7-8,12H,5-6,17H2. The van der Waals surface area contributed by atoms with E-state index in [9.17, 15) is 13.2 Å². The minimum absolute atomic E-state index is 0.0873. The number of hydrogen-bond donors (Lipinski definition) is 1. The molecular weight excluding hydrogens is 257 g/mol. The molecule has 1 unspecified atom stereocenters. The van der Waals surface area contributed by atoms with E-state index in [1.807, 2.05) is 6.07 Å². The largest absolute Gasteiger partial charge is 0.481 e. The molecule has 0 radical (unpaired) electrons. The lowest BCUT2D eigenvalue weighted by atomic mass is 10.2. The van der Waals surface area contributed by atoms with Gasteiger partial charge in [-0.15, -0.1) is 0 Å². The number of fused-ring (bicyclic) bond motifs is 1. The van der Waals surface area contributed by atoms with Gasteiger partial charge in [0.1, 0.15) is 5.75 Å². The number of hydrogen-bond acceptors (Lipinski definition) is 3. The van der Waals surface area contributed by atoms with Gasteiger partial charge in [-0.25, -0.2) is 0 Å². The second-order valence-corrected chi connectivity index (χ2v) is 4.08. The van der Waals surface area contributed by atoms with Crippen molar-refractivity contribution in [2.24, 2.45) is 5.73 Å². The lowest BCUT2D eigenvalue weighted by Gasteiger charge is -2.21. The number of benzene rings is 1. The Labute approximate surface area is 108 Å². The smallest absolute Gasteiger partial charge is 0.425 e. The van der Waals surface area contributed by atoms with Crippen LogP contribution in [0.3, 0.4) is 0 Å². The van der Waals surface area contributed by atoms with Gasteiger partial charge in [0.15, 0.2) is 6.10 Å². The fourth-order valence-electron chi connectivity index (χ4n) is 1.72. The first-order valence-corrected chi connectivity index (χ1v) is 5.79. The molecule has 3 nitrogen and oxygen atoms in total. The molecular formula is C13H13F3N2O. The SMILES string of the molecule is NCCC(Oc1ccc2cccnc2c1)C(F)(F)F. The summed E-state index contributed by atoms with van der Waals surface area (Å²) in [6.07, 6.45) is -5.02. The highest BCUT2D eigenvalue weighted by Crippen LogP contribution is 2.28. The molecule has 0 saturated carbocycles. The van der Waals surface area contributed by atoms with Crippen molar-refractivity contribution >= 4 is 10.9 Å². The Kier molecular flexibility index (Phi) is 3.90. The van der Waals surface area contributed by atoms with Gasteiger partial charge in [0, 0.05) is 24.1 Å². The number of ether oxygens (including phenoxy) is 1. The summed E-state index contributed by atoms with van der Waals surface area (Å²) >= 11 is 0. The van der Waals surface area contributed by atoms with Crippen LogP contribution in [0.4, 0.5) is 13.2 Å². The summed E-state index contributed by atoms with van der Waals surface area (Å²) < 4.78 is 43.1. The van der Waals surface area contributed by atoms with Crippen LogP contribution in [0.2, 0.25) is 0 Å². The zero-order valence-electron chi connectivity index (χ0n) is 10.0. The van der Waals surface area contributed by atoms with Crippen LogP contribution in [0.15, 0.2) is 36.5 Å². The third kappa shape index (κ3) is 3.35. The number of halogens is 3. The number of aromatic nitrogens is 1. The third-order valence-electron chi connectivity index (χ3n) is 2.65. The van der Waals surface area contributed by atoms with Crippen molar-refractivity contribution in [3.05, 3.63) is 36.5 Å².